The van der Waals surface area contributed by atoms with Crippen molar-refractivity contribution < 1.29 is 13.2 Å². The van der Waals surface area contributed by atoms with Gasteiger partial charge in [0.05, 0.1) is 5.56 Å². The molecule has 1 nitrogen and oxygen atoms in total. The van der Waals surface area contributed by atoms with Gasteiger partial charge in [-0.05, 0) is 24.6 Å². The van der Waals surface area contributed by atoms with E-state index < -0.39 is 11.7 Å². The van der Waals surface area contributed by atoms with Crippen LogP contribution in [0.4, 0.5) is 18.9 Å². The summed E-state index contributed by atoms with van der Waals surface area (Å²) < 4.78 is 36.4. The largest absolute Gasteiger partial charge is 0.416 e. The third-order valence-electron chi connectivity index (χ3n) is 1.44. The van der Waals surface area contributed by atoms with Gasteiger partial charge in [0.25, 0.3) is 0 Å². The minimum atomic E-state index is -4.37. The van der Waals surface area contributed by atoms with Gasteiger partial charge in [0.2, 0.25) is 0 Å². The molecule has 0 saturated heterocycles. The van der Waals surface area contributed by atoms with E-state index in [0.717, 1.165) is 6.07 Å². The SMILES string of the molecule is [CH2]c1ccc(N)cc1C(F)(F)F. The maximum Gasteiger partial charge on any atom is 0.416 e. The lowest BCUT2D eigenvalue weighted by Gasteiger charge is -2.09. The number of alkyl halides is 3. The fourth-order valence-corrected chi connectivity index (χ4v) is 0.858. The van der Waals surface area contributed by atoms with Gasteiger partial charge in [0, 0.05) is 5.69 Å². The van der Waals surface area contributed by atoms with E-state index in [4.69, 9.17) is 5.73 Å². The Bertz CT molecular complexity index is 291. The summed E-state index contributed by atoms with van der Waals surface area (Å²) in [7, 11) is 0. The van der Waals surface area contributed by atoms with Crippen LogP contribution >= 0.6 is 0 Å². The van der Waals surface area contributed by atoms with Crippen LogP contribution < -0.4 is 5.73 Å². The number of anilines is 1. The number of nitrogens with two attached hydrogens (primary N) is 1. The molecule has 0 amide bonds. The average Bonchev–Trinajstić information content (AvgIpc) is 1.92. The second-order valence-electron chi connectivity index (χ2n) is 2.41. The Morgan fingerprint density at radius 1 is 1.25 bits per heavy atom. The highest BCUT2D eigenvalue weighted by Crippen LogP contribution is 2.32. The van der Waals surface area contributed by atoms with Crippen LogP contribution in [0.3, 0.4) is 0 Å². The molecule has 0 bridgehead atoms. The first-order chi connectivity index (χ1) is 5.41. The van der Waals surface area contributed by atoms with Crippen molar-refractivity contribution in [1.82, 2.24) is 0 Å². The number of halogens is 3. The van der Waals surface area contributed by atoms with Crippen LogP contribution in [-0.4, -0.2) is 0 Å². The van der Waals surface area contributed by atoms with Gasteiger partial charge in [-0.25, -0.2) is 0 Å². The maximum atomic E-state index is 12.1. The second-order valence-corrected chi connectivity index (χ2v) is 2.41. The van der Waals surface area contributed by atoms with E-state index in [1.807, 2.05) is 0 Å². The lowest BCUT2D eigenvalue weighted by molar-refractivity contribution is -0.137. The number of nitrogen functional groups attached to an aromatic ring is 1. The van der Waals surface area contributed by atoms with Gasteiger partial charge in [-0.3, -0.25) is 0 Å². The summed E-state index contributed by atoms with van der Waals surface area (Å²) >= 11 is 0. The van der Waals surface area contributed by atoms with Crippen LogP contribution in [0, 0.1) is 6.92 Å². The first kappa shape index (κ1) is 8.90. The van der Waals surface area contributed by atoms with E-state index in [1.165, 1.54) is 12.1 Å². The normalized spacial score (nSPS) is 11.7. The standard InChI is InChI=1S/C8H7F3N/c1-5-2-3-6(12)4-7(5)8(9,10)11/h2-4H,1,12H2. The Kier molecular flexibility index (Phi) is 2.00. The predicted octanol–water partition coefficient (Wildman–Crippen LogP) is 2.47. The van der Waals surface area contributed by atoms with Crippen LogP contribution in [-0.2, 0) is 6.18 Å². The summed E-state index contributed by atoms with van der Waals surface area (Å²) in [4.78, 5) is 0. The summed E-state index contributed by atoms with van der Waals surface area (Å²) in [6, 6.07) is 3.51. The second kappa shape index (κ2) is 2.69. The Labute approximate surface area is 68.0 Å². The molecule has 0 aliphatic heterocycles. The highest BCUT2D eigenvalue weighted by atomic mass is 19.4. The summed E-state index contributed by atoms with van der Waals surface area (Å²) in [5.74, 6) is 0. The molecule has 0 saturated carbocycles. The van der Waals surface area contributed by atoms with Gasteiger partial charge in [0.15, 0.2) is 0 Å². The molecule has 0 aliphatic rings. The molecule has 0 aliphatic carbocycles. The monoisotopic (exact) mass is 174 g/mol. The van der Waals surface area contributed by atoms with E-state index >= 15 is 0 Å². The predicted molar refractivity (Wildman–Crippen MR) is 40.3 cm³/mol. The van der Waals surface area contributed by atoms with Crippen molar-refractivity contribution in [3.63, 3.8) is 0 Å². The number of benzene rings is 1. The topological polar surface area (TPSA) is 26.0 Å². The summed E-state index contributed by atoms with van der Waals surface area (Å²) in [6.07, 6.45) is -4.37. The molecule has 0 atom stereocenters. The van der Waals surface area contributed by atoms with Crippen LogP contribution in [0.5, 0.6) is 0 Å². The summed E-state index contributed by atoms with van der Waals surface area (Å²) in [5.41, 5.74) is 4.45. The van der Waals surface area contributed by atoms with Crippen molar-refractivity contribution in [2.45, 2.75) is 6.18 Å². The van der Waals surface area contributed by atoms with Crippen LogP contribution in [0.1, 0.15) is 11.1 Å². The first-order valence-electron chi connectivity index (χ1n) is 3.20. The Morgan fingerprint density at radius 3 is 2.25 bits per heavy atom. The fraction of sp³-hybridized carbons (Fsp3) is 0.125. The maximum absolute atomic E-state index is 12.1. The fourth-order valence-electron chi connectivity index (χ4n) is 0.858. The zero-order valence-corrected chi connectivity index (χ0v) is 6.15. The molecule has 1 aromatic rings. The molecule has 1 radical (unpaired) electrons. The quantitative estimate of drug-likeness (QED) is 0.600. The van der Waals surface area contributed by atoms with Gasteiger partial charge >= 0.3 is 6.18 Å². The minimum Gasteiger partial charge on any atom is -0.399 e. The number of hydrogen-bond acceptors (Lipinski definition) is 1. The molecule has 12 heavy (non-hydrogen) atoms. The van der Waals surface area contributed by atoms with Crippen molar-refractivity contribution in [2.75, 3.05) is 5.73 Å². The van der Waals surface area contributed by atoms with Gasteiger partial charge in [-0.1, -0.05) is 6.07 Å². The number of rotatable bonds is 0. The smallest absolute Gasteiger partial charge is 0.399 e. The van der Waals surface area contributed by atoms with Gasteiger partial charge < -0.3 is 5.73 Å². The Hall–Kier alpha value is -1.19. The zero-order chi connectivity index (χ0) is 9.35. The molecular weight excluding hydrogens is 167 g/mol. The third kappa shape index (κ3) is 1.69. The molecule has 0 fully saturated rings. The van der Waals surface area contributed by atoms with Crippen molar-refractivity contribution >= 4 is 5.69 Å². The van der Waals surface area contributed by atoms with Gasteiger partial charge in [-0.2, -0.15) is 13.2 Å². The number of hydrogen-bond donors (Lipinski definition) is 1. The summed E-state index contributed by atoms with van der Waals surface area (Å²) in [5, 5.41) is 0. The first-order valence-corrected chi connectivity index (χ1v) is 3.20. The minimum absolute atomic E-state index is 0.0586. The molecule has 0 heterocycles. The van der Waals surface area contributed by atoms with Crippen LogP contribution in [0.25, 0.3) is 0 Å². The lowest BCUT2D eigenvalue weighted by Crippen LogP contribution is -2.07. The molecule has 2 N–H and O–H groups in total. The highest BCUT2D eigenvalue weighted by Gasteiger charge is 2.32. The zero-order valence-electron chi connectivity index (χ0n) is 6.15. The van der Waals surface area contributed by atoms with Crippen molar-refractivity contribution in [3.05, 3.63) is 36.2 Å². The highest BCUT2D eigenvalue weighted by molar-refractivity contribution is 5.46. The Morgan fingerprint density at radius 2 is 1.83 bits per heavy atom. The molecule has 65 valence electrons. The van der Waals surface area contributed by atoms with Crippen molar-refractivity contribution in [2.24, 2.45) is 0 Å². The van der Waals surface area contributed by atoms with Crippen molar-refractivity contribution in [3.8, 4) is 0 Å². The molecule has 1 rings (SSSR count). The van der Waals surface area contributed by atoms with Gasteiger partial charge in [-0.15, -0.1) is 0 Å². The van der Waals surface area contributed by atoms with E-state index in [9.17, 15) is 13.2 Å². The van der Waals surface area contributed by atoms with E-state index in [0.29, 0.717) is 0 Å². The molecule has 0 unspecified atom stereocenters. The molecule has 1 aromatic carbocycles. The summed E-state index contributed by atoms with van der Waals surface area (Å²) in [6.45, 7) is 3.25. The Balaban J connectivity index is 3.23. The third-order valence-corrected chi connectivity index (χ3v) is 1.44. The van der Waals surface area contributed by atoms with Crippen LogP contribution in [0.2, 0.25) is 0 Å². The molecule has 4 heteroatoms. The van der Waals surface area contributed by atoms with E-state index in [2.05, 4.69) is 6.92 Å². The molecule has 0 aromatic heterocycles. The van der Waals surface area contributed by atoms with Crippen LogP contribution in [0.15, 0.2) is 18.2 Å². The average molecular weight is 174 g/mol. The molecule has 0 spiro atoms. The van der Waals surface area contributed by atoms with Gasteiger partial charge in [0.1, 0.15) is 0 Å². The van der Waals surface area contributed by atoms with E-state index in [1.54, 1.807) is 0 Å². The van der Waals surface area contributed by atoms with Crippen molar-refractivity contribution in [1.29, 1.82) is 0 Å². The van der Waals surface area contributed by atoms with E-state index in [-0.39, 0.29) is 11.3 Å². The molecular formula is C8H7F3N. The lowest BCUT2D eigenvalue weighted by atomic mass is 10.1.